The highest BCUT2D eigenvalue weighted by molar-refractivity contribution is 5.88. The number of nitrogens with two attached hydrogens (primary N) is 1. The minimum atomic E-state index is 0.671. The van der Waals surface area contributed by atoms with Crippen molar-refractivity contribution >= 4 is 16.6 Å². The van der Waals surface area contributed by atoms with E-state index in [1.54, 1.807) is 6.20 Å². The third-order valence-electron chi connectivity index (χ3n) is 3.19. The number of hydrogen-bond donors (Lipinski definition) is 1. The second kappa shape index (κ2) is 4.51. The van der Waals surface area contributed by atoms with Gasteiger partial charge < -0.3 is 5.73 Å². The Kier molecular flexibility index (Phi) is 3.08. The normalized spacial score (nSPS) is 11.4. The van der Waals surface area contributed by atoms with Crippen LogP contribution in [-0.4, -0.2) is 14.8 Å². The summed E-state index contributed by atoms with van der Waals surface area (Å²) in [4.78, 5) is 4.12. The lowest BCUT2D eigenvalue weighted by atomic mass is 10.0. The van der Waals surface area contributed by atoms with E-state index in [4.69, 9.17) is 5.73 Å². The van der Waals surface area contributed by atoms with Crippen LogP contribution in [0.2, 0.25) is 0 Å². The van der Waals surface area contributed by atoms with E-state index in [0.29, 0.717) is 11.6 Å². The predicted octanol–water partition coefficient (Wildman–Crippen LogP) is 2.45. The van der Waals surface area contributed by atoms with Gasteiger partial charge in [-0.25, -0.2) is 0 Å². The first-order chi connectivity index (χ1) is 7.76. The van der Waals surface area contributed by atoms with Crippen LogP contribution in [0.3, 0.4) is 0 Å². The van der Waals surface area contributed by atoms with Crippen LogP contribution in [-0.2, 0) is 6.54 Å². The van der Waals surface area contributed by atoms with Crippen LogP contribution in [0, 0.1) is 5.92 Å². The fourth-order valence-corrected chi connectivity index (χ4v) is 1.95. The fourth-order valence-electron chi connectivity index (χ4n) is 1.95. The first kappa shape index (κ1) is 10.9. The Balaban J connectivity index is 2.35. The second-order valence-electron chi connectivity index (χ2n) is 4.17. The van der Waals surface area contributed by atoms with E-state index in [-0.39, 0.29) is 0 Å². The lowest BCUT2D eigenvalue weighted by Crippen LogP contribution is -2.10. The summed E-state index contributed by atoms with van der Waals surface area (Å²) in [6.07, 6.45) is 7.68. The molecule has 0 aliphatic rings. The van der Waals surface area contributed by atoms with Gasteiger partial charge in [0.1, 0.15) is 0 Å². The Morgan fingerprint density at radius 1 is 1.25 bits per heavy atom. The van der Waals surface area contributed by atoms with Gasteiger partial charge >= 0.3 is 0 Å². The molecule has 86 valence electrons. The maximum Gasteiger partial charge on any atom is 0.0886 e. The number of hydrogen-bond acceptors (Lipinski definition) is 3. The van der Waals surface area contributed by atoms with Crippen molar-refractivity contribution in [1.82, 2.24) is 14.8 Å². The van der Waals surface area contributed by atoms with Gasteiger partial charge in [0.2, 0.25) is 0 Å². The number of fused-ring (bicyclic) bond motifs is 1. The zero-order valence-corrected chi connectivity index (χ0v) is 9.85. The van der Waals surface area contributed by atoms with Gasteiger partial charge in [0.05, 0.1) is 29.8 Å². The molecule has 2 aromatic rings. The largest absolute Gasteiger partial charge is 0.397 e. The lowest BCUT2D eigenvalue weighted by Gasteiger charge is -2.12. The minimum Gasteiger partial charge on any atom is -0.397 e. The number of nitrogens with zero attached hydrogens (tertiary/aromatic N) is 3. The number of pyridine rings is 1. The van der Waals surface area contributed by atoms with Crippen molar-refractivity contribution in [2.24, 2.45) is 5.92 Å². The summed E-state index contributed by atoms with van der Waals surface area (Å²) in [5, 5.41) is 5.39. The summed E-state index contributed by atoms with van der Waals surface area (Å²) >= 11 is 0. The van der Waals surface area contributed by atoms with E-state index in [9.17, 15) is 0 Å². The highest BCUT2D eigenvalue weighted by Crippen LogP contribution is 2.20. The Morgan fingerprint density at radius 3 is 2.69 bits per heavy atom. The fraction of sp³-hybridized carbons (Fsp3) is 0.500. The molecule has 0 bridgehead atoms. The van der Waals surface area contributed by atoms with E-state index in [1.165, 1.54) is 12.8 Å². The van der Waals surface area contributed by atoms with Crippen molar-refractivity contribution in [2.45, 2.75) is 33.2 Å². The van der Waals surface area contributed by atoms with E-state index >= 15 is 0 Å². The zero-order valence-electron chi connectivity index (χ0n) is 9.85. The summed E-state index contributed by atoms with van der Waals surface area (Å²) in [7, 11) is 0. The van der Waals surface area contributed by atoms with E-state index < -0.39 is 0 Å². The van der Waals surface area contributed by atoms with E-state index in [1.807, 2.05) is 17.1 Å². The molecule has 0 aliphatic carbocycles. The molecule has 2 rings (SSSR count). The Labute approximate surface area is 95.5 Å². The zero-order chi connectivity index (χ0) is 11.5. The molecular weight excluding hydrogens is 200 g/mol. The van der Waals surface area contributed by atoms with Crippen molar-refractivity contribution in [1.29, 1.82) is 0 Å². The average Bonchev–Trinajstić information content (AvgIpc) is 2.71. The minimum absolute atomic E-state index is 0.671. The molecule has 16 heavy (non-hydrogen) atoms. The van der Waals surface area contributed by atoms with Crippen molar-refractivity contribution in [3.05, 3.63) is 18.6 Å². The molecule has 0 aliphatic heterocycles. The monoisotopic (exact) mass is 218 g/mol. The van der Waals surface area contributed by atoms with Crippen LogP contribution in [0.15, 0.2) is 18.6 Å². The summed E-state index contributed by atoms with van der Waals surface area (Å²) in [6.45, 7) is 5.38. The van der Waals surface area contributed by atoms with Crippen molar-refractivity contribution in [2.75, 3.05) is 5.73 Å². The van der Waals surface area contributed by atoms with Gasteiger partial charge in [-0.2, -0.15) is 5.10 Å². The number of anilines is 1. The Hall–Kier alpha value is -1.58. The molecule has 2 aromatic heterocycles. The molecule has 4 heteroatoms. The molecule has 4 nitrogen and oxygen atoms in total. The summed E-state index contributed by atoms with van der Waals surface area (Å²) in [5.41, 5.74) is 7.59. The molecule has 0 aromatic carbocycles. The average molecular weight is 218 g/mol. The molecule has 0 saturated carbocycles. The predicted molar refractivity (Wildman–Crippen MR) is 66.0 cm³/mol. The third-order valence-corrected chi connectivity index (χ3v) is 3.19. The van der Waals surface area contributed by atoms with Crippen LogP contribution in [0.5, 0.6) is 0 Å². The molecule has 0 unspecified atom stereocenters. The van der Waals surface area contributed by atoms with Gasteiger partial charge in [-0.15, -0.1) is 0 Å². The molecule has 0 atom stereocenters. The topological polar surface area (TPSA) is 56.7 Å². The van der Waals surface area contributed by atoms with Crippen LogP contribution in [0.1, 0.15) is 26.7 Å². The van der Waals surface area contributed by atoms with Crippen LogP contribution in [0.4, 0.5) is 5.69 Å². The second-order valence-corrected chi connectivity index (χ2v) is 4.17. The van der Waals surface area contributed by atoms with Gasteiger partial charge in [-0.1, -0.05) is 26.7 Å². The quantitative estimate of drug-likeness (QED) is 0.857. The number of rotatable bonds is 4. The lowest BCUT2D eigenvalue weighted by molar-refractivity contribution is 0.403. The highest BCUT2D eigenvalue weighted by atomic mass is 15.3. The number of nitrogen functional groups attached to an aromatic ring is 1. The maximum atomic E-state index is 5.85. The third kappa shape index (κ3) is 1.87. The molecule has 0 saturated heterocycles. The van der Waals surface area contributed by atoms with E-state index in [0.717, 1.165) is 17.4 Å². The summed E-state index contributed by atoms with van der Waals surface area (Å²) < 4.78 is 2.01. The molecular formula is C12H18N4. The first-order valence-corrected chi connectivity index (χ1v) is 5.81. The summed E-state index contributed by atoms with van der Waals surface area (Å²) in [6, 6.07) is 0. The van der Waals surface area contributed by atoms with Crippen LogP contribution < -0.4 is 5.73 Å². The maximum absolute atomic E-state index is 5.85. The molecule has 0 spiro atoms. The molecule has 0 fully saturated rings. The Morgan fingerprint density at radius 2 is 2.00 bits per heavy atom. The SMILES string of the molecule is CCC(CC)Cn1ncc2c(N)cncc21. The standard InChI is InChI=1S/C12H18N4/c1-3-9(4-2)8-16-12-7-14-6-11(13)10(12)5-15-16/h5-7,9H,3-4,8,13H2,1-2H3. The van der Waals surface area contributed by atoms with Crippen LogP contribution in [0.25, 0.3) is 10.9 Å². The Bertz CT molecular complexity index is 471. The van der Waals surface area contributed by atoms with Gasteiger partial charge in [0.15, 0.2) is 0 Å². The molecule has 2 heterocycles. The van der Waals surface area contributed by atoms with Crippen molar-refractivity contribution in [3.63, 3.8) is 0 Å². The van der Waals surface area contributed by atoms with Gasteiger partial charge in [-0.05, 0) is 5.92 Å². The van der Waals surface area contributed by atoms with Crippen molar-refractivity contribution in [3.8, 4) is 0 Å². The molecule has 0 radical (unpaired) electrons. The van der Waals surface area contributed by atoms with Gasteiger partial charge in [-0.3, -0.25) is 9.67 Å². The smallest absolute Gasteiger partial charge is 0.0886 e. The van der Waals surface area contributed by atoms with E-state index in [2.05, 4.69) is 23.9 Å². The first-order valence-electron chi connectivity index (χ1n) is 5.81. The van der Waals surface area contributed by atoms with Gasteiger partial charge in [0, 0.05) is 11.9 Å². The van der Waals surface area contributed by atoms with Gasteiger partial charge in [0.25, 0.3) is 0 Å². The molecule has 2 N–H and O–H groups in total. The molecule has 0 amide bonds. The highest BCUT2D eigenvalue weighted by Gasteiger charge is 2.09. The summed E-state index contributed by atoms with van der Waals surface area (Å²) in [5.74, 6) is 0.671. The number of aromatic nitrogens is 3. The van der Waals surface area contributed by atoms with Crippen molar-refractivity contribution < 1.29 is 0 Å². The van der Waals surface area contributed by atoms with Crippen LogP contribution >= 0.6 is 0 Å².